The number of hydrogen-bond acceptors (Lipinski definition) is 7. The molecule has 2 amide bonds. The SMILES string of the molecule is O=C(Cc1ccc(N2C(=O)Cc3cc(NC4CC4)ccc3C2=O)cc1)CS(=O)(=O)c1ccc(Cl)s1. The third kappa shape index (κ3) is 5.17. The molecule has 1 aliphatic carbocycles. The van der Waals surface area contributed by atoms with Crippen LogP contribution < -0.4 is 10.2 Å². The minimum atomic E-state index is -3.75. The summed E-state index contributed by atoms with van der Waals surface area (Å²) in [5.74, 6) is -1.80. The van der Waals surface area contributed by atoms with Gasteiger partial charge in [-0.3, -0.25) is 14.4 Å². The number of carbonyl (C=O) groups excluding carboxylic acids is 3. The van der Waals surface area contributed by atoms with E-state index in [4.69, 9.17) is 11.6 Å². The molecule has 7 nitrogen and oxygen atoms in total. The molecule has 3 aromatic rings. The van der Waals surface area contributed by atoms with Gasteiger partial charge < -0.3 is 5.32 Å². The Kier molecular flexibility index (Phi) is 6.25. The van der Waals surface area contributed by atoms with E-state index in [1.807, 2.05) is 12.1 Å². The highest BCUT2D eigenvalue weighted by molar-refractivity contribution is 7.94. The first-order valence-electron chi connectivity index (χ1n) is 11.0. The summed E-state index contributed by atoms with van der Waals surface area (Å²) >= 11 is 6.72. The Bertz CT molecular complexity index is 1440. The normalized spacial score (nSPS) is 15.7. The fourth-order valence-electron chi connectivity index (χ4n) is 4.03. The topological polar surface area (TPSA) is 101 Å². The van der Waals surface area contributed by atoms with Gasteiger partial charge in [-0.25, -0.2) is 13.3 Å². The van der Waals surface area contributed by atoms with Crippen molar-refractivity contribution in [2.75, 3.05) is 16.0 Å². The Morgan fingerprint density at radius 1 is 1.06 bits per heavy atom. The summed E-state index contributed by atoms with van der Waals surface area (Å²) in [6, 6.07) is 15.3. The molecular weight excluding hydrogens is 508 g/mol. The molecule has 5 rings (SSSR count). The van der Waals surface area contributed by atoms with Crippen LogP contribution in [0.25, 0.3) is 0 Å². The van der Waals surface area contributed by atoms with Gasteiger partial charge in [0.2, 0.25) is 5.91 Å². The van der Waals surface area contributed by atoms with E-state index < -0.39 is 27.3 Å². The van der Waals surface area contributed by atoms with Crippen molar-refractivity contribution in [1.82, 2.24) is 0 Å². The number of sulfone groups is 1. The molecule has 0 unspecified atom stereocenters. The van der Waals surface area contributed by atoms with Crippen LogP contribution in [-0.2, 0) is 32.3 Å². The van der Waals surface area contributed by atoms with Crippen molar-refractivity contribution in [3.8, 4) is 0 Å². The molecule has 0 spiro atoms. The maximum absolute atomic E-state index is 13.1. The number of halogens is 1. The summed E-state index contributed by atoms with van der Waals surface area (Å²) in [4.78, 5) is 39.5. The lowest BCUT2D eigenvalue weighted by Gasteiger charge is -2.27. The Hall–Kier alpha value is -3.01. The van der Waals surface area contributed by atoms with E-state index in [1.165, 1.54) is 12.1 Å². The van der Waals surface area contributed by atoms with Crippen LogP contribution in [0.3, 0.4) is 0 Å². The standard InChI is InChI=1S/C25H21ClN2O5S2/c26-22-9-10-24(34-22)35(32,33)14-20(29)11-15-1-6-19(7-2-15)28-23(30)13-16-12-18(27-17-3-4-17)5-8-21(16)25(28)31/h1-2,5-10,12,17,27H,3-4,11,13-14H2. The smallest absolute Gasteiger partial charge is 0.265 e. The van der Waals surface area contributed by atoms with Crippen molar-refractivity contribution < 1.29 is 22.8 Å². The van der Waals surface area contributed by atoms with Gasteiger partial charge in [0.15, 0.2) is 15.6 Å². The van der Waals surface area contributed by atoms with E-state index >= 15 is 0 Å². The number of ketones is 1. The molecule has 1 fully saturated rings. The summed E-state index contributed by atoms with van der Waals surface area (Å²) in [5.41, 5.74) is 3.11. The van der Waals surface area contributed by atoms with E-state index in [1.54, 1.807) is 30.3 Å². The van der Waals surface area contributed by atoms with Crippen molar-refractivity contribution in [3.05, 3.63) is 75.6 Å². The third-order valence-corrected chi connectivity index (χ3v) is 9.37. The summed E-state index contributed by atoms with van der Waals surface area (Å²) in [7, 11) is -3.75. The molecule has 10 heteroatoms. The van der Waals surface area contributed by atoms with E-state index in [-0.39, 0.29) is 23.0 Å². The molecule has 0 radical (unpaired) electrons. The Labute approximate surface area is 211 Å². The van der Waals surface area contributed by atoms with Gasteiger partial charge in [0.05, 0.1) is 16.4 Å². The van der Waals surface area contributed by atoms with E-state index in [9.17, 15) is 22.8 Å². The predicted octanol–water partition coefficient (Wildman–Crippen LogP) is 4.29. The number of imide groups is 1. The lowest BCUT2D eigenvalue weighted by molar-refractivity contribution is -0.118. The molecular formula is C25H21ClN2O5S2. The first-order valence-corrected chi connectivity index (χ1v) is 13.9. The Morgan fingerprint density at radius 3 is 2.46 bits per heavy atom. The molecule has 2 aliphatic rings. The van der Waals surface area contributed by atoms with Gasteiger partial charge in [0.25, 0.3) is 5.91 Å². The number of thiophene rings is 1. The van der Waals surface area contributed by atoms with Crippen LogP contribution in [0.2, 0.25) is 4.34 Å². The maximum atomic E-state index is 13.1. The number of nitrogens with zero attached hydrogens (tertiary/aromatic N) is 1. The van der Waals surface area contributed by atoms with Gasteiger partial charge in [-0.15, -0.1) is 11.3 Å². The predicted molar refractivity (Wildman–Crippen MR) is 135 cm³/mol. The number of benzene rings is 2. The molecule has 0 bridgehead atoms. The second-order valence-corrected chi connectivity index (χ2v) is 12.6. The maximum Gasteiger partial charge on any atom is 0.265 e. The Balaban J connectivity index is 1.27. The summed E-state index contributed by atoms with van der Waals surface area (Å²) in [5, 5.41) is 3.38. The number of rotatable bonds is 8. The van der Waals surface area contributed by atoms with Gasteiger partial charge in [0, 0.05) is 23.7 Å². The second-order valence-electron chi connectivity index (χ2n) is 8.70. The zero-order valence-electron chi connectivity index (χ0n) is 18.5. The number of Topliss-reactive ketones (excluding diaryl/α,β-unsaturated/α-hetero) is 1. The molecule has 2 aromatic carbocycles. The average molecular weight is 529 g/mol. The fourth-order valence-corrected chi connectivity index (χ4v) is 6.84. The first-order chi connectivity index (χ1) is 16.7. The second kappa shape index (κ2) is 9.22. The largest absolute Gasteiger partial charge is 0.382 e. The number of carbonyl (C=O) groups is 3. The molecule has 0 atom stereocenters. The monoisotopic (exact) mass is 528 g/mol. The van der Waals surface area contributed by atoms with Crippen LogP contribution in [0.1, 0.15) is 34.3 Å². The van der Waals surface area contributed by atoms with Crippen LogP contribution >= 0.6 is 22.9 Å². The Morgan fingerprint density at radius 2 is 1.80 bits per heavy atom. The number of hydrogen-bond donors (Lipinski definition) is 1. The zero-order chi connectivity index (χ0) is 24.7. The molecule has 2 heterocycles. The number of fused-ring (bicyclic) bond motifs is 1. The van der Waals surface area contributed by atoms with Crippen molar-refractivity contribution in [2.24, 2.45) is 0 Å². The van der Waals surface area contributed by atoms with Crippen LogP contribution in [-0.4, -0.2) is 37.8 Å². The molecule has 1 aromatic heterocycles. The molecule has 35 heavy (non-hydrogen) atoms. The van der Waals surface area contributed by atoms with Crippen molar-refractivity contribution in [2.45, 2.75) is 35.9 Å². The van der Waals surface area contributed by atoms with Crippen molar-refractivity contribution in [1.29, 1.82) is 0 Å². The fraction of sp³-hybridized carbons (Fsp3) is 0.240. The molecule has 1 aliphatic heterocycles. The zero-order valence-corrected chi connectivity index (χ0v) is 20.9. The van der Waals surface area contributed by atoms with E-state index in [0.717, 1.165) is 34.8 Å². The number of nitrogens with one attached hydrogen (secondary N) is 1. The third-order valence-electron chi connectivity index (χ3n) is 5.88. The summed E-state index contributed by atoms with van der Waals surface area (Å²) in [6.07, 6.45) is 2.29. The van der Waals surface area contributed by atoms with Gasteiger partial charge in [-0.1, -0.05) is 23.7 Å². The lowest BCUT2D eigenvalue weighted by atomic mass is 9.97. The van der Waals surface area contributed by atoms with Crippen LogP contribution in [0.4, 0.5) is 11.4 Å². The highest BCUT2D eigenvalue weighted by Gasteiger charge is 2.33. The van der Waals surface area contributed by atoms with Crippen LogP contribution in [0, 0.1) is 0 Å². The van der Waals surface area contributed by atoms with Crippen LogP contribution in [0.5, 0.6) is 0 Å². The lowest BCUT2D eigenvalue weighted by Crippen LogP contribution is -2.42. The van der Waals surface area contributed by atoms with E-state index in [0.29, 0.717) is 32.8 Å². The highest BCUT2D eigenvalue weighted by atomic mass is 35.5. The average Bonchev–Trinajstić information content (AvgIpc) is 3.49. The summed E-state index contributed by atoms with van der Waals surface area (Å²) in [6.45, 7) is 0. The minimum Gasteiger partial charge on any atom is -0.382 e. The molecule has 1 N–H and O–H groups in total. The highest BCUT2D eigenvalue weighted by Crippen LogP contribution is 2.31. The van der Waals surface area contributed by atoms with Crippen LogP contribution in [0.15, 0.2) is 58.8 Å². The van der Waals surface area contributed by atoms with Crippen molar-refractivity contribution in [3.63, 3.8) is 0 Å². The van der Waals surface area contributed by atoms with Gasteiger partial charge in [-0.05, 0) is 66.4 Å². The minimum absolute atomic E-state index is 0.0593. The van der Waals surface area contributed by atoms with Crippen molar-refractivity contribution >= 4 is 61.7 Å². The molecule has 1 saturated carbocycles. The quantitative estimate of drug-likeness (QED) is 0.438. The molecule has 0 saturated heterocycles. The van der Waals surface area contributed by atoms with Gasteiger partial charge in [-0.2, -0.15) is 0 Å². The molecule has 180 valence electrons. The van der Waals surface area contributed by atoms with Gasteiger partial charge in [0.1, 0.15) is 9.96 Å². The number of anilines is 2. The van der Waals surface area contributed by atoms with Gasteiger partial charge >= 0.3 is 0 Å². The van der Waals surface area contributed by atoms with E-state index in [2.05, 4.69) is 5.32 Å². The summed E-state index contributed by atoms with van der Waals surface area (Å²) < 4.78 is 25.2. The number of amides is 2. The first kappa shape index (κ1) is 23.7.